The lowest BCUT2D eigenvalue weighted by Crippen LogP contribution is -2.64. The quantitative estimate of drug-likeness (QED) is 0.863. The first-order chi connectivity index (χ1) is 10.2. The molecule has 3 aliphatic rings. The molecule has 3 heteroatoms. The van der Waals surface area contributed by atoms with Gasteiger partial charge in [-0.2, -0.15) is 0 Å². The van der Waals surface area contributed by atoms with Crippen LogP contribution in [-0.4, -0.2) is 60.6 Å². The van der Waals surface area contributed by atoms with E-state index in [4.69, 9.17) is 0 Å². The molecular formula is C18H35N3. The fourth-order valence-corrected chi connectivity index (χ4v) is 4.72. The van der Waals surface area contributed by atoms with Gasteiger partial charge >= 0.3 is 0 Å². The average Bonchev–Trinajstić information content (AvgIpc) is 2.53. The van der Waals surface area contributed by atoms with Crippen LogP contribution in [-0.2, 0) is 0 Å². The van der Waals surface area contributed by atoms with E-state index in [0.29, 0.717) is 5.54 Å². The van der Waals surface area contributed by atoms with E-state index in [2.05, 4.69) is 29.0 Å². The summed E-state index contributed by atoms with van der Waals surface area (Å²) in [5.41, 5.74) is 0.467. The van der Waals surface area contributed by atoms with Gasteiger partial charge in [-0.25, -0.2) is 0 Å². The second kappa shape index (κ2) is 6.97. The van der Waals surface area contributed by atoms with Gasteiger partial charge in [0.05, 0.1) is 0 Å². The van der Waals surface area contributed by atoms with Crippen LogP contribution >= 0.6 is 0 Å². The number of rotatable bonds is 3. The minimum absolute atomic E-state index is 0.467. The molecule has 1 N–H and O–H groups in total. The van der Waals surface area contributed by atoms with E-state index in [0.717, 1.165) is 12.0 Å². The Morgan fingerprint density at radius 1 is 1.10 bits per heavy atom. The summed E-state index contributed by atoms with van der Waals surface area (Å²) in [5.74, 6) is 0.939. The summed E-state index contributed by atoms with van der Waals surface area (Å²) in [7, 11) is 0. The molecule has 2 heterocycles. The topological polar surface area (TPSA) is 18.5 Å². The maximum absolute atomic E-state index is 3.92. The van der Waals surface area contributed by atoms with Crippen LogP contribution in [0, 0.1) is 5.92 Å². The Kier molecular flexibility index (Phi) is 5.23. The van der Waals surface area contributed by atoms with Crippen LogP contribution in [0.15, 0.2) is 0 Å². The summed E-state index contributed by atoms with van der Waals surface area (Å²) in [6.45, 7) is 12.5. The highest BCUT2D eigenvalue weighted by Crippen LogP contribution is 2.32. The first-order valence-electron chi connectivity index (χ1n) is 9.42. The van der Waals surface area contributed by atoms with Crippen LogP contribution in [0.3, 0.4) is 0 Å². The number of likely N-dealkylation sites (tertiary alicyclic amines) is 1. The molecule has 3 nitrogen and oxygen atoms in total. The Balaban J connectivity index is 1.53. The van der Waals surface area contributed by atoms with Gasteiger partial charge in [0.15, 0.2) is 0 Å². The van der Waals surface area contributed by atoms with Crippen molar-refractivity contribution in [2.75, 3.05) is 39.3 Å². The van der Waals surface area contributed by atoms with E-state index in [1.807, 2.05) is 0 Å². The number of piperidine rings is 1. The second-order valence-electron chi connectivity index (χ2n) is 7.88. The molecular weight excluding hydrogens is 258 g/mol. The molecule has 21 heavy (non-hydrogen) atoms. The molecule has 2 aliphatic heterocycles. The van der Waals surface area contributed by atoms with Crippen molar-refractivity contribution in [2.24, 2.45) is 5.92 Å². The van der Waals surface area contributed by atoms with E-state index in [-0.39, 0.29) is 0 Å². The molecule has 0 aromatic heterocycles. The van der Waals surface area contributed by atoms with Gasteiger partial charge in [0.25, 0.3) is 0 Å². The van der Waals surface area contributed by atoms with Crippen molar-refractivity contribution < 1.29 is 0 Å². The van der Waals surface area contributed by atoms with Crippen molar-refractivity contribution in [3.05, 3.63) is 0 Å². The summed E-state index contributed by atoms with van der Waals surface area (Å²) >= 11 is 0. The fourth-order valence-electron chi connectivity index (χ4n) is 4.72. The molecule has 1 saturated carbocycles. The molecule has 1 atom stereocenters. The third kappa shape index (κ3) is 3.80. The van der Waals surface area contributed by atoms with Crippen LogP contribution < -0.4 is 5.32 Å². The zero-order chi connectivity index (χ0) is 14.7. The molecule has 1 unspecified atom stereocenters. The highest BCUT2D eigenvalue weighted by Gasteiger charge is 2.39. The van der Waals surface area contributed by atoms with E-state index in [1.165, 1.54) is 84.2 Å². The maximum Gasteiger partial charge on any atom is 0.0309 e. The van der Waals surface area contributed by atoms with Crippen molar-refractivity contribution in [1.29, 1.82) is 0 Å². The number of nitrogens with zero attached hydrogens (tertiary/aromatic N) is 2. The summed E-state index contributed by atoms with van der Waals surface area (Å²) in [4.78, 5) is 5.44. The predicted molar refractivity (Wildman–Crippen MR) is 89.7 cm³/mol. The van der Waals surface area contributed by atoms with Crippen LogP contribution in [0.2, 0.25) is 0 Å². The molecule has 3 fully saturated rings. The molecule has 1 aliphatic carbocycles. The standard InChI is InChI=1S/C18H35N3/c1-3-20-11-7-17(8-12-20)14-21-15-18(19-13-16(21)2)9-5-4-6-10-18/h16-17,19H,3-15H2,1-2H3. The van der Waals surface area contributed by atoms with Gasteiger partial charge in [0.1, 0.15) is 0 Å². The second-order valence-corrected chi connectivity index (χ2v) is 7.88. The maximum atomic E-state index is 3.92. The first kappa shape index (κ1) is 15.8. The van der Waals surface area contributed by atoms with Crippen LogP contribution in [0.4, 0.5) is 0 Å². The highest BCUT2D eigenvalue weighted by molar-refractivity contribution is 4.99. The van der Waals surface area contributed by atoms with Crippen molar-refractivity contribution in [1.82, 2.24) is 15.1 Å². The molecule has 0 amide bonds. The van der Waals surface area contributed by atoms with Crippen molar-refractivity contribution in [2.45, 2.75) is 70.4 Å². The van der Waals surface area contributed by atoms with E-state index in [1.54, 1.807) is 0 Å². The molecule has 2 saturated heterocycles. The highest BCUT2D eigenvalue weighted by atomic mass is 15.3. The van der Waals surface area contributed by atoms with Crippen LogP contribution in [0.25, 0.3) is 0 Å². The zero-order valence-corrected chi connectivity index (χ0v) is 14.2. The van der Waals surface area contributed by atoms with Gasteiger partial charge in [-0.1, -0.05) is 26.2 Å². The summed E-state index contributed by atoms with van der Waals surface area (Å²) < 4.78 is 0. The molecule has 0 aromatic rings. The predicted octanol–water partition coefficient (Wildman–Crippen LogP) is 2.71. The third-order valence-corrected chi connectivity index (χ3v) is 6.36. The Bertz CT molecular complexity index is 316. The van der Waals surface area contributed by atoms with E-state index < -0.39 is 0 Å². The average molecular weight is 293 g/mol. The molecule has 0 radical (unpaired) electrons. The zero-order valence-electron chi connectivity index (χ0n) is 14.2. The van der Waals surface area contributed by atoms with Gasteiger partial charge in [-0.05, 0) is 58.2 Å². The number of hydrogen-bond donors (Lipinski definition) is 1. The van der Waals surface area contributed by atoms with E-state index >= 15 is 0 Å². The van der Waals surface area contributed by atoms with Gasteiger partial charge in [-0.15, -0.1) is 0 Å². The van der Waals surface area contributed by atoms with Gasteiger partial charge < -0.3 is 10.2 Å². The number of hydrogen-bond acceptors (Lipinski definition) is 3. The lowest BCUT2D eigenvalue weighted by molar-refractivity contribution is 0.0409. The number of piperazine rings is 1. The smallest absolute Gasteiger partial charge is 0.0309 e. The minimum atomic E-state index is 0.467. The Morgan fingerprint density at radius 3 is 2.48 bits per heavy atom. The van der Waals surface area contributed by atoms with Crippen molar-refractivity contribution in [3.63, 3.8) is 0 Å². The molecule has 0 bridgehead atoms. The van der Waals surface area contributed by atoms with Gasteiger partial charge in [0.2, 0.25) is 0 Å². The van der Waals surface area contributed by atoms with Crippen LogP contribution in [0.1, 0.15) is 58.8 Å². The molecule has 1 spiro atoms. The van der Waals surface area contributed by atoms with Gasteiger partial charge in [0, 0.05) is 31.2 Å². The third-order valence-electron chi connectivity index (χ3n) is 6.36. The molecule has 122 valence electrons. The summed E-state index contributed by atoms with van der Waals surface area (Å²) in [6, 6.07) is 0.724. The lowest BCUT2D eigenvalue weighted by Gasteiger charge is -2.50. The molecule has 0 aromatic carbocycles. The van der Waals surface area contributed by atoms with E-state index in [9.17, 15) is 0 Å². The molecule has 3 rings (SSSR count). The summed E-state index contributed by atoms with van der Waals surface area (Å²) in [6.07, 6.45) is 9.96. The summed E-state index contributed by atoms with van der Waals surface area (Å²) in [5, 5.41) is 3.92. The van der Waals surface area contributed by atoms with Crippen molar-refractivity contribution >= 4 is 0 Å². The van der Waals surface area contributed by atoms with Gasteiger partial charge in [-0.3, -0.25) is 4.90 Å². The van der Waals surface area contributed by atoms with Crippen molar-refractivity contribution in [3.8, 4) is 0 Å². The lowest BCUT2D eigenvalue weighted by atomic mass is 9.79. The Hall–Kier alpha value is -0.120. The Labute approximate surface area is 131 Å². The largest absolute Gasteiger partial charge is 0.308 e. The van der Waals surface area contributed by atoms with Crippen LogP contribution in [0.5, 0.6) is 0 Å². The normalized spacial score (nSPS) is 32.6. The Morgan fingerprint density at radius 2 is 1.81 bits per heavy atom. The minimum Gasteiger partial charge on any atom is -0.308 e. The number of nitrogens with one attached hydrogen (secondary N) is 1. The SMILES string of the molecule is CCN1CCC(CN2CC3(CCCCC3)NCC2C)CC1. The monoisotopic (exact) mass is 293 g/mol. The fraction of sp³-hybridized carbons (Fsp3) is 1.00. The first-order valence-corrected chi connectivity index (χ1v) is 9.42.